The number of carbonyl (C=O) groups excluding carboxylic acids is 1. The van der Waals surface area contributed by atoms with Gasteiger partial charge >= 0.3 is 12.1 Å². The summed E-state index contributed by atoms with van der Waals surface area (Å²) in [5.74, 6) is 1.27. The van der Waals surface area contributed by atoms with Gasteiger partial charge in [-0.1, -0.05) is 29.4 Å². The minimum atomic E-state index is -0.277. The maximum atomic E-state index is 12.0. The number of rotatable bonds is 4. The van der Waals surface area contributed by atoms with Crippen molar-refractivity contribution in [1.82, 2.24) is 10.1 Å². The Kier molecular flexibility index (Phi) is 4.31. The first-order chi connectivity index (χ1) is 14.2. The summed E-state index contributed by atoms with van der Waals surface area (Å²) >= 11 is 0. The van der Waals surface area contributed by atoms with Crippen molar-refractivity contribution < 1.29 is 18.8 Å². The van der Waals surface area contributed by atoms with Gasteiger partial charge in [-0.05, 0) is 35.7 Å². The number of hydrogen-bond donors (Lipinski definition) is 0. The molecular formula is C21H20N4O4. The lowest BCUT2D eigenvalue weighted by Gasteiger charge is -2.29. The second kappa shape index (κ2) is 7.12. The number of methoxy groups -OCH3 is 1. The summed E-state index contributed by atoms with van der Waals surface area (Å²) in [4.78, 5) is 20.3. The van der Waals surface area contributed by atoms with E-state index in [0.717, 1.165) is 35.5 Å². The lowest BCUT2D eigenvalue weighted by Crippen LogP contribution is -2.33. The van der Waals surface area contributed by atoms with Gasteiger partial charge in [0, 0.05) is 18.7 Å². The van der Waals surface area contributed by atoms with Crippen LogP contribution >= 0.6 is 0 Å². The zero-order chi connectivity index (χ0) is 19.8. The van der Waals surface area contributed by atoms with Gasteiger partial charge in [-0.15, -0.1) is 0 Å². The normalized spacial score (nSPS) is 16.0. The van der Waals surface area contributed by atoms with Gasteiger partial charge in [0.1, 0.15) is 12.4 Å². The van der Waals surface area contributed by atoms with Gasteiger partial charge in [0.05, 0.1) is 19.3 Å². The Bertz CT molecular complexity index is 1060. The zero-order valence-corrected chi connectivity index (χ0v) is 16.0. The number of hydrogen-bond acceptors (Lipinski definition) is 7. The summed E-state index contributed by atoms with van der Waals surface area (Å²) < 4.78 is 15.9. The molecule has 0 atom stereocenters. The van der Waals surface area contributed by atoms with Crippen LogP contribution in [0.2, 0.25) is 0 Å². The third-order valence-electron chi connectivity index (χ3n) is 5.31. The van der Waals surface area contributed by atoms with Gasteiger partial charge in [-0.2, -0.15) is 4.98 Å². The number of fused-ring (bicyclic) bond motifs is 1. The minimum absolute atomic E-state index is 0.277. The van der Waals surface area contributed by atoms with E-state index in [0.29, 0.717) is 31.5 Å². The summed E-state index contributed by atoms with van der Waals surface area (Å²) in [6.07, 6.45) is 0.507. The van der Waals surface area contributed by atoms with Gasteiger partial charge in [0.2, 0.25) is 5.82 Å². The van der Waals surface area contributed by atoms with Crippen LogP contribution in [0.1, 0.15) is 11.1 Å². The third-order valence-corrected chi connectivity index (χ3v) is 5.31. The van der Waals surface area contributed by atoms with Crippen molar-refractivity contribution in [3.05, 3.63) is 53.6 Å². The molecule has 2 aromatic carbocycles. The molecule has 0 unspecified atom stereocenters. The number of carbonyl (C=O) groups is 1. The molecule has 0 aliphatic carbocycles. The van der Waals surface area contributed by atoms with Gasteiger partial charge in [-0.25, -0.2) is 4.79 Å². The smallest absolute Gasteiger partial charge is 0.414 e. The highest BCUT2D eigenvalue weighted by Gasteiger charge is 2.29. The molecule has 2 aliphatic heterocycles. The first-order valence-corrected chi connectivity index (χ1v) is 9.51. The van der Waals surface area contributed by atoms with E-state index in [4.69, 9.17) is 14.0 Å². The Morgan fingerprint density at radius 2 is 2.03 bits per heavy atom. The van der Waals surface area contributed by atoms with Crippen molar-refractivity contribution in [3.8, 4) is 17.1 Å². The van der Waals surface area contributed by atoms with Crippen LogP contribution in [-0.4, -0.2) is 43.0 Å². The average molecular weight is 392 g/mol. The van der Waals surface area contributed by atoms with Crippen molar-refractivity contribution in [1.29, 1.82) is 0 Å². The zero-order valence-electron chi connectivity index (χ0n) is 16.0. The van der Waals surface area contributed by atoms with E-state index in [1.165, 1.54) is 5.56 Å². The molecule has 0 spiro atoms. The quantitative estimate of drug-likeness (QED) is 0.674. The second-order valence-corrected chi connectivity index (χ2v) is 6.98. The number of cyclic esters (lactones) is 1. The van der Waals surface area contributed by atoms with E-state index < -0.39 is 0 Å². The molecule has 8 nitrogen and oxygen atoms in total. The number of nitrogens with zero attached hydrogens (tertiary/aromatic N) is 4. The molecule has 29 heavy (non-hydrogen) atoms. The third kappa shape index (κ3) is 3.16. The van der Waals surface area contributed by atoms with E-state index in [2.05, 4.69) is 21.1 Å². The van der Waals surface area contributed by atoms with Crippen molar-refractivity contribution in [3.63, 3.8) is 0 Å². The van der Waals surface area contributed by atoms with Gasteiger partial charge in [0.25, 0.3) is 0 Å². The Morgan fingerprint density at radius 1 is 1.14 bits per heavy atom. The molecule has 148 valence electrons. The van der Waals surface area contributed by atoms with E-state index in [1.807, 2.05) is 36.4 Å². The Morgan fingerprint density at radius 3 is 2.86 bits per heavy atom. The first kappa shape index (κ1) is 17.5. The van der Waals surface area contributed by atoms with Crippen LogP contribution in [-0.2, 0) is 17.7 Å². The van der Waals surface area contributed by atoms with E-state index in [1.54, 1.807) is 12.0 Å². The number of amides is 1. The molecule has 3 heterocycles. The molecule has 1 fully saturated rings. The molecular weight excluding hydrogens is 372 g/mol. The van der Waals surface area contributed by atoms with Crippen molar-refractivity contribution in [2.75, 3.05) is 36.6 Å². The molecule has 2 aliphatic rings. The Balaban J connectivity index is 1.39. The molecule has 1 amide bonds. The highest BCUT2D eigenvalue weighted by atomic mass is 16.6. The molecule has 5 rings (SSSR count). The fourth-order valence-corrected chi connectivity index (χ4v) is 3.84. The monoisotopic (exact) mass is 392 g/mol. The van der Waals surface area contributed by atoms with Crippen LogP contribution in [0.3, 0.4) is 0 Å². The molecule has 3 aromatic rings. The van der Waals surface area contributed by atoms with E-state index >= 15 is 0 Å². The van der Waals surface area contributed by atoms with Crippen molar-refractivity contribution >= 4 is 17.8 Å². The maximum absolute atomic E-state index is 12.0. The summed E-state index contributed by atoms with van der Waals surface area (Å²) in [5.41, 5.74) is 4.10. The Labute approximate surface area is 167 Å². The first-order valence-electron chi connectivity index (χ1n) is 9.51. The lowest BCUT2D eigenvalue weighted by molar-refractivity contribution is 0.181. The SMILES string of the molecule is COc1cccc(-c2noc(N3CCc4c(cccc4N4CCOC4=O)C3)n2)c1. The summed E-state index contributed by atoms with van der Waals surface area (Å²) in [5, 5.41) is 4.13. The van der Waals surface area contributed by atoms with E-state index in [9.17, 15) is 4.79 Å². The van der Waals surface area contributed by atoms with Crippen molar-refractivity contribution in [2.45, 2.75) is 13.0 Å². The van der Waals surface area contributed by atoms with Gasteiger partial charge in [0.15, 0.2) is 0 Å². The average Bonchev–Trinajstić information content (AvgIpc) is 3.42. The molecule has 0 bridgehead atoms. The van der Waals surface area contributed by atoms with E-state index in [-0.39, 0.29) is 6.09 Å². The fourth-order valence-electron chi connectivity index (χ4n) is 3.84. The predicted octanol–water partition coefficient (Wildman–Crippen LogP) is 3.26. The largest absolute Gasteiger partial charge is 0.497 e. The molecule has 8 heteroatoms. The molecule has 0 saturated carbocycles. The lowest BCUT2D eigenvalue weighted by atomic mass is 9.97. The number of anilines is 2. The summed E-state index contributed by atoms with van der Waals surface area (Å²) in [7, 11) is 1.63. The van der Waals surface area contributed by atoms with Gasteiger partial charge < -0.3 is 18.9 Å². The highest BCUT2D eigenvalue weighted by Crippen LogP contribution is 2.32. The van der Waals surface area contributed by atoms with Crippen LogP contribution in [0, 0.1) is 0 Å². The van der Waals surface area contributed by atoms with Crippen LogP contribution in [0.4, 0.5) is 16.5 Å². The summed E-state index contributed by atoms with van der Waals surface area (Å²) in [6, 6.07) is 14.1. The number of ether oxygens (including phenoxy) is 2. The standard InChI is InChI=1S/C21H20N4O4/c1-27-16-6-2-4-14(12-16)19-22-20(29-23-19)24-9-8-17-15(13-24)5-3-7-18(17)25-10-11-28-21(25)26/h2-7,12H,8-11,13H2,1H3. The second-order valence-electron chi connectivity index (χ2n) is 6.98. The summed E-state index contributed by atoms with van der Waals surface area (Å²) in [6.45, 7) is 2.40. The van der Waals surface area contributed by atoms with Crippen LogP contribution in [0.5, 0.6) is 5.75 Å². The van der Waals surface area contributed by atoms with Gasteiger partial charge in [-0.3, -0.25) is 4.90 Å². The number of aromatic nitrogens is 2. The minimum Gasteiger partial charge on any atom is -0.497 e. The fraction of sp³-hybridized carbons (Fsp3) is 0.286. The molecule has 1 saturated heterocycles. The maximum Gasteiger partial charge on any atom is 0.414 e. The Hall–Kier alpha value is -3.55. The van der Waals surface area contributed by atoms with Crippen molar-refractivity contribution in [2.24, 2.45) is 0 Å². The highest BCUT2D eigenvalue weighted by molar-refractivity contribution is 5.90. The molecule has 0 N–H and O–H groups in total. The van der Waals surface area contributed by atoms with Crippen LogP contribution < -0.4 is 14.5 Å². The molecule has 0 radical (unpaired) electrons. The predicted molar refractivity (Wildman–Crippen MR) is 106 cm³/mol. The van der Waals surface area contributed by atoms with Crippen LogP contribution in [0.25, 0.3) is 11.4 Å². The van der Waals surface area contributed by atoms with Crippen LogP contribution in [0.15, 0.2) is 47.0 Å². The topological polar surface area (TPSA) is 80.9 Å². The molecule has 1 aromatic heterocycles. The number of benzene rings is 2.